The highest BCUT2D eigenvalue weighted by Crippen LogP contribution is 2.20. The van der Waals surface area contributed by atoms with Crippen LogP contribution in [-0.2, 0) is 0 Å². The molecular formula is C11H19N3O2. The lowest BCUT2D eigenvalue weighted by Crippen LogP contribution is -2.21. The highest BCUT2D eigenvalue weighted by atomic mass is 16.5. The summed E-state index contributed by atoms with van der Waals surface area (Å²) in [6, 6.07) is 3.67. The molecule has 1 rings (SSSR count). The number of aliphatic hydroxyl groups is 1. The predicted octanol–water partition coefficient (Wildman–Crippen LogP) is 1.24. The zero-order valence-corrected chi connectivity index (χ0v) is 9.90. The molecule has 0 radical (unpaired) electrons. The van der Waals surface area contributed by atoms with Crippen molar-refractivity contribution >= 4 is 11.5 Å². The molecule has 1 aromatic heterocycles. The SMILES string of the molecule is COc1nc(NC(C)CC(C)O)ccc1N. The van der Waals surface area contributed by atoms with Gasteiger partial charge in [-0.2, -0.15) is 4.98 Å². The zero-order chi connectivity index (χ0) is 12.1. The fraction of sp³-hybridized carbons (Fsp3) is 0.545. The normalized spacial score (nSPS) is 14.2. The van der Waals surface area contributed by atoms with Gasteiger partial charge in [0.05, 0.1) is 18.9 Å². The van der Waals surface area contributed by atoms with Crippen molar-refractivity contribution in [1.82, 2.24) is 4.98 Å². The van der Waals surface area contributed by atoms with Crippen molar-refractivity contribution in [2.24, 2.45) is 0 Å². The van der Waals surface area contributed by atoms with Crippen LogP contribution in [0.5, 0.6) is 5.88 Å². The minimum atomic E-state index is -0.335. The minimum absolute atomic E-state index is 0.140. The van der Waals surface area contributed by atoms with Crippen LogP contribution in [0.1, 0.15) is 20.3 Å². The Kier molecular flexibility index (Phi) is 4.37. The lowest BCUT2D eigenvalue weighted by molar-refractivity contribution is 0.179. The van der Waals surface area contributed by atoms with Crippen molar-refractivity contribution in [3.05, 3.63) is 12.1 Å². The second-order valence-electron chi connectivity index (χ2n) is 3.93. The van der Waals surface area contributed by atoms with E-state index >= 15 is 0 Å². The summed E-state index contributed by atoms with van der Waals surface area (Å²) in [5.41, 5.74) is 6.17. The molecule has 90 valence electrons. The van der Waals surface area contributed by atoms with Crippen LogP contribution in [0, 0.1) is 0 Å². The van der Waals surface area contributed by atoms with Crippen LogP contribution < -0.4 is 15.8 Å². The van der Waals surface area contributed by atoms with Crippen LogP contribution in [0.4, 0.5) is 11.5 Å². The van der Waals surface area contributed by atoms with E-state index in [4.69, 9.17) is 10.5 Å². The van der Waals surface area contributed by atoms with Gasteiger partial charge in [-0.05, 0) is 32.4 Å². The Morgan fingerprint density at radius 2 is 2.19 bits per heavy atom. The van der Waals surface area contributed by atoms with Crippen molar-refractivity contribution in [3.8, 4) is 5.88 Å². The number of nitrogens with zero attached hydrogens (tertiary/aromatic N) is 1. The number of anilines is 2. The number of hydrogen-bond donors (Lipinski definition) is 3. The molecule has 0 fully saturated rings. The van der Waals surface area contributed by atoms with E-state index in [1.165, 1.54) is 7.11 Å². The molecule has 0 spiro atoms. The number of rotatable bonds is 5. The molecule has 0 bridgehead atoms. The van der Waals surface area contributed by atoms with Gasteiger partial charge in [0.15, 0.2) is 0 Å². The highest BCUT2D eigenvalue weighted by Gasteiger charge is 2.08. The largest absolute Gasteiger partial charge is 0.479 e. The topological polar surface area (TPSA) is 80.4 Å². The van der Waals surface area contributed by atoms with Gasteiger partial charge in [-0.3, -0.25) is 0 Å². The summed E-state index contributed by atoms with van der Waals surface area (Å²) in [7, 11) is 1.53. The van der Waals surface area contributed by atoms with E-state index in [0.717, 1.165) is 0 Å². The maximum Gasteiger partial charge on any atom is 0.238 e. The average Bonchev–Trinajstić information content (AvgIpc) is 2.19. The van der Waals surface area contributed by atoms with Gasteiger partial charge in [0.2, 0.25) is 5.88 Å². The van der Waals surface area contributed by atoms with Crippen LogP contribution in [0.2, 0.25) is 0 Å². The van der Waals surface area contributed by atoms with Crippen molar-refractivity contribution in [3.63, 3.8) is 0 Å². The van der Waals surface area contributed by atoms with Crippen molar-refractivity contribution in [1.29, 1.82) is 0 Å². The Labute approximate surface area is 95.6 Å². The maximum atomic E-state index is 9.24. The van der Waals surface area contributed by atoms with E-state index in [1.54, 1.807) is 19.1 Å². The van der Waals surface area contributed by atoms with E-state index in [9.17, 15) is 5.11 Å². The number of nitrogen functional groups attached to an aromatic ring is 1. The quantitative estimate of drug-likeness (QED) is 0.702. The summed E-state index contributed by atoms with van der Waals surface area (Å²) in [4.78, 5) is 4.20. The molecular weight excluding hydrogens is 206 g/mol. The summed E-state index contributed by atoms with van der Waals surface area (Å²) in [6.45, 7) is 3.74. The first-order chi connectivity index (χ1) is 7.52. The predicted molar refractivity (Wildman–Crippen MR) is 64.6 cm³/mol. The first-order valence-corrected chi connectivity index (χ1v) is 5.28. The smallest absolute Gasteiger partial charge is 0.238 e. The van der Waals surface area contributed by atoms with Crippen molar-refractivity contribution in [2.45, 2.75) is 32.4 Å². The zero-order valence-electron chi connectivity index (χ0n) is 9.90. The van der Waals surface area contributed by atoms with Gasteiger partial charge in [-0.15, -0.1) is 0 Å². The summed E-state index contributed by atoms with van der Waals surface area (Å²) in [5, 5.41) is 12.4. The van der Waals surface area contributed by atoms with Crippen molar-refractivity contribution in [2.75, 3.05) is 18.2 Å². The van der Waals surface area contributed by atoms with Crippen LogP contribution in [-0.4, -0.2) is 29.3 Å². The lowest BCUT2D eigenvalue weighted by atomic mass is 10.1. The molecule has 0 aliphatic carbocycles. The summed E-state index contributed by atoms with van der Waals surface area (Å²) in [6.07, 6.45) is 0.326. The molecule has 16 heavy (non-hydrogen) atoms. The number of aliphatic hydroxyl groups excluding tert-OH is 1. The van der Waals surface area contributed by atoms with Gasteiger partial charge in [0, 0.05) is 6.04 Å². The first-order valence-electron chi connectivity index (χ1n) is 5.28. The van der Waals surface area contributed by atoms with Gasteiger partial charge < -0.3 is 20.9 Å². The van der Waals surface area contributed by atoms with Gasteiger partial charge >= 0.3 is 0 Å². The highest BCUT2D eigenvalue weighted by molar-refractivity contribution is 5.53. The van der Waals surface area contributed by atoms with Crippen LogP contribution in [0.3, 0.4) is 0 Å². The second-order valence-corrected chi connectivity index (χ2v) is 3.93. The molecule has 0 saturated carbocycles. The molecule has 2 unspecified atom stereocenters. The number of pyridine rings is 1. The maximum absolute atomic E-state index is 9.24. The number of nitrogens with one attached hydrogen (secondary N) is 1. The molecule has 0 aliphatic heterocycles. The molecule has 4 N–H and O–H groups in total. The second kappa shape index (κ2) is 5.55. The number of hydrogen-bond acceptors (Lipinski definition) is 5. The molecule has 0 amide bonds. The molecule has 0 aliphatic rings. The van der Waals surface area contributed by atoms with E-state index in [2.05, 4.69) is 10.3 Å². The molecule has 0 aromatic carbocycles. The molecule has 5 heteroatoms. The van der Waals surface area contributed by atoms with E-state index in [-0.39, 0.29) is 12.1 Å². The Balaban J connectivity index is 2.67. The molecule has 5 nitrogen and oxygen atoms in total. The summed E-state index contributed by atoms with van der Waals surface area (Å²) >= 11 is 0. The Morgan fingerprint density at radius 3 is 2.75 bits per heavy atom. The fourth-order valence-electron chi connectivity index (χ4n) is 1.52. The summed E-state index contributed by atoms with van der Waals surface area (Å²) in [5.74, 6) is 1.11. The van der Waals surface area contributed by atoms with Gasteiger partial charge in [-0.1, -0.05) is 0 Å². The average molecular weight is 225 g/mol. The van der Waals surface area contributed by atoms with Gasteiger partial charge in [-0.25, -0.2) is 0 Å². The lowest BCUT2D eigenvalue weighted by Gasteiger charge is -2.16. The third kappa shape index (κ3) is 3.58. The van der Waals surface area contributed by atoms with Gasteiger partial charge in [0.25, 0.3) is 0 Å². The number of aromatic nitrogens is 1. The number of nitrogens with two attached hydrogens (primary N) is 1. The van der Waals surface area contributed by atoms with Crippen LogP contribution in [0.15, 0.2) is 12.1 Å². The molecule has 1 aromatic rings. The van der Waals surface area contributed by atoms with E-state index in [0.29, 0.717) is 23.8 Å². The molecule has 1 heterocycles. The van der Waals surface area contributed by atoms with Crippen molar-refractivity contribution < 1.29 is 9.84 Å². The Bertz CT molecular complexity index is 342. The number of ether oxygens (including phenoxy) is 1. The van der Waals surface area contributed by atoms with Crippen LogP contribution in [0.25, 0.3) is 0 Å². The monoisotopic (exact) mass is 225 g/mol. The fourth-order valence-corrected chi connectivity index (χ4v) is 1.52. The summed E-state index contributed by atoms with van der Waals surface area (Å²) < 4.78 is 5.02. The standard InChI is InChI=1S/C11H19N3O2/c1-7(6-8(2)15)13-10-5-4-9(12)11(14-10)16-3/h4-5,7-8,15H,6,12H2,1-3H3,(H,13,14). The van der Waals surface area contributed by atoms with E-state index < -0.39 is 0 Å². The number of methoxy groups -OCH3 is 1. The third-order valence-corrected chi connectivity index (χ3v) is 2.17. The van der Waals surface area contributed by atoms with Gasteiger partial charge in [0.1, 0.15) is 5.82 Å². The Hall–Kier alpha value is -1.49. The minimum Gasteiger partial charge on any atom is -0.479 e. The third-order valence-electron chi connectivity index (χ3n) is 2.17. The molecule has 2 atom stereocenters. The molecule has 0 saturated heterocycles. The first kappa shape index (κ1) is 12.6. The van der Waals surface area contributed by atoms with Crippen LogP contribution >= 0.6 is 0 Å². The van der Waals surface area contributed by atoms with E-state index in [1.807, 2.05) is 6.92 Å². The Morgan fingerprint density at radius 1 is 1.50 bits per heavy atom.